The number of benzene rings is 1. The maximum absolute atomic E-state index is 14.8. The topological polar surface area (TPSA) is 96.4 Å². The number of aromatic nitrogens is 2. The van der Waals surface area contributed by atoms with E-state index in [1.54, 1.807) is 11.5 Å². The fourth-order valence-electron chi connectivity index (χ4n) is 6.18. The number of carbonyl (C=O) groups excluding carboxylic acids is 1. The van der Waals surface area contributed by atoms with Crippen molar-refractivity contribution in [3.8, 4) is 11.4 Å². The molecule has 4 heterocycles. The van der Waals surface area contributed by atoms with Gasteiger partial charge >= 0.3 is 5.97 Å². The van der Waals surface area contributed by atoms with E-state index in [4.69, 9.17) is 20.2 Å². The van der Waals surface area contributed by atoms with Crippen LogP contribution < -0.4 is 11.3 Å². The highest BCUT2D eigenvalue weighted by Crippen LogP contribution is 2.46. The molecule has 8 heteroatoms. The number of hydrogen-bond acceptors (Lipinski definition) is 6. The van der Waals surface area contributed by atoms with Gasteiger partial charge in [-0.3, -0.25) is 4.79 Å². The number of nitrogens with zero attached hydrogens (tertiary/aromatic N) is 2. The van der Waals surface area contributed by atoms with E-state index in [1.807, 2.05) is 26.8 Å². The molecule has 2 aliphatic heterocycles. The molecule has 7 nitrogen and oxygen atoms in total. The van der Waals surface area contributed by atoms with Crippen LogP contribution in [0.4, 0.5) is 4.39 Å². The number of halogens is 1. The summed E-state index contributed by atoms with van der Waals surface area (Å²) in [6, 6.07) is 3.08. The Morgan fingerprint density at radius 1 is 1.29 bits per heavy atom. The zero-order chi connectivity index (χ0) is 24.8. The number of cyclic esters (lactones) is 1. The van der Waals surface area contributed by atoms with Crippen molar-refractivity contribution in [1.29, 1.82) is 0 Å². The number of fused-ring (bicyclic) bond motifs is 5. The van der Waals surface area contributed by atoms with Crippen LogP contribution >= 0.6 is 0 Å². The normalized spacial score (nSPS) is 22.3. The highest BCUT2D eigenvalue weighted by Gasteiger charge is 2.49. The molecule has 3 aromatic rings. The molecule has 3 aliphatic rings. The van der Waals surface area contributed by atoms with Crippen LogP contribution in [0.5, 0.6) is 0 Å². The molecule has 35 heavy (non-hydrogen) atoms. The number of pyridine rings is 2. The van der Waals surface area contributed by atoms with Gasteiger partial charge in [0.1, 0.15) is 12.4 Å². The minimum Gasteiger partial charge on any atom is -0.458 e. The molecule has 0 saturated heterocycles. The lowest BCUT2D eigenvalue weighted by Gasteiger charge is -2.37. The molecule has 6 rings (SSSR count). The van der Waals surface area contributed by atoms with Gasteiger partial charge in [-0.2, -0.15) is 0 Å². The molecule has 0 amide bonds. The lowest BCUT2D eigenvalue weighted by Crippen LogP contribution is -2.47. The summed E-state index contributed by atoms with van der Waals surface area (Å²) in [4.78, 5) is 31.6. The maximum atomic E-state index is 14.8. The quantitative estimate of drug-likeness (QED) is 0.450. The van der Waals surface area contributed by atoms with Crippen molar-refractivity contribution >= 4 is 16.9 Å². The summed E-state index contributed by atoms with van der Waals surface area (Å²) in [5, 5.41) is 0.913. The first-order valence-electron chi connectivity index (χ1n) is 12.2. The number of ether oxygens (including phenoxy) is 2. The van der Waals surface area contributed by atoms with E-state index in [0.29, 0.717) is 59.4 Å². The van der Waals surface area contributed by atoms with E-state index >= 15 is 0 Å². The molecule has 0 fully saturated rings. The third-order valence-electron chi connectivity index (χ3n) is 7.83. The molecule has 0 bridgehead atoms. The molecule has 182 valence electrons. The third kappa shape index (κ3) is 2.87. The minimum atomic E-state index is -1.36. The fraction of sp³-hybridized carbons (Fsp3) is 0.444. The van der Waals surface area contributed by atoms with Gasteiger partial charge in [0.2, 0.25) is 0 Å². The molecule has 1 aliphatic carbocycles. The van der Waals surface area contributed by atoms with Crippen LogP contribution in [0.2, 0.25) is 0 Å². The summed E-state index contributed by atoms with van der Waals surface area (Å²) in [6.07, 6.45) is 1.46. The molecule has 1 aromatic carbocycles. The summed E-state index contributed by atoms with van der Waals surface area (Å²) in [6.45, 7) is 7.57. The Kier molecular flexibility index (Phi) is 4.76. The Balaban J connectivity index is 1.67. The Bertz CT molecular complexity index is 1510. The van der Waals surface area contributed by atoms with Gasteiger partial charge in [0.25, 0.3) is 5.56 Å². The number of esters is 1. The van der Waals surface area contributed by atoms with Crippen molar-refractivity contribution < 1.29 is 18.7 Å². The minimum absolute atomic E-state index is 0.0941. The van der Waals surface area contributed by atoms with Gasteiger partial charge in [0, 0.05) is 28.6 Å². The molecule has 2 atom stereocenters. The first kappa shape index (κ1) is 22.4. The average Bonchev–Trinajstić information content (AvgIpc) is 3.18. The predicted molar refractivity (Wildman–Crippen MR) is 128 cm³/mol. The molecule has 2 N–H and O–H groups in total. The van der Waals surface area contributed by atoms with Crippen LogP contribution in [0, 0.1) is 12.7 Å². The van der Waals surface area contributed by atoms with Gasteiger partial charge in [-0.05, 0) is 62.8 Å². The molecule has 2 aromatic heterocycles. The summed E-state index contributed by atoms with van der Waals surface area (Å²) in [5.74, 6) is -0.783. The number of nitrogens with two attached hydrogens (primary N) is 1. The van der Waals surface area contributed by atoms with Crippen molar-refractivity contribution in [2.75, 3.05) is 0 Å². The number of rotatable bonds is 3. The smallest absolute Gasteiger partial charge is 0.343 e. The third-order valence-corrected chi connectivity index (χ3v) is 7.83. The highest BCUT2D eigenvalue weighted by molar-refractivity contribution is 5.93. The van der Waals surface area contributed by atoms with E-state index < -0.39 is 11.6 Å². The van der Waals surface area contributed by atoms with Crippen LogP contribution in [-0.4, -0.2) is 21.6 Å². The van der Waals surface area contributed by atoms with E-state index in [1.165, 1.54) is 6.07 Å². The molecule has 0 radical (unpaired) electrons. The lowest BCUT2D eigenvalue weighted by molar-refractivity contribution is -0.187. The van der Waals surface area contributed by atoms with Crippen LogP contribution in [-0.2, 0) is 39.4 Å². The van der Waals surface area contributed by atoms with Gasteiger partial charge < -0.3 is 19.8 Å². The SMILES string of the molecule is CC[C@@]1(OC(C)C)C(=O)OCc2c1cc1n(c2=O)Cc2c-1nc1cc(F)c(C)c3c1c2[C@@H](N)CC3. The second kappa shape index (κ2) is 7.45. The van der Waals surface area contributed by atoms with E-state index in [2.05, 4.69) is 0 Å². The first-order valence-corrected chi connectivity index (χ1v) is 12.2. The second-order valence-electron chi connectivity index (χ2n) is 10.1. The first-order chi connectivity index (χ1) is 16.7. The van der Waals surface area contributed by atoms with Gasteiger partial charge in [0.05, 0.1) is 35.1 Å². The highest BCUT2D eigenvalue weighted by atomic mass is 19.1. The summed E-state index contributed by atoms with van der Waals surface area (Å²) >= 11 is 0. The van der Waals surface area contributed by atoms with Crippen LogP contribution in [0.1, 0.15) is 73.0 Å². The summed E-state index contributed by atoms with van der Waals surface area (Å²) < 4.78 is 28.1. The lowest BCUT2D eigenvalue weighted by atomic mass is 9.82. The number of carbonyl (C=O) groups is 1. The van der Waals surface area contributed by atoms with Gasteiger partial charge in [-0.15, -0.1) is 0 Å². The Morgan fingerprint density at radius 3 is 2.77 bits per heavy atom. The van der Waals surface area contributed by atoms with Crippen molar-refractivity contribution in [1.82, 2.24) is 9.55 Å². The Hall–Kier alpha value is -3.10. The van der Waals surface area contributed by atoms with E-state index in [9.17, 15) is 14.0 Å². The van der Waals surface area contributed by atoms with Gasteiger partial charge in [-0.25, -0.2) is 14.2 Å². The van der Waals surface area contributed by atoms with Crippen molar-refractivity contribution in [3.05, 3.63) is 61.7 Å². The zero-order valence-electron chi connectivity index (χ0n) is 20.3. The Morgan fingerprint density at radius 2 is 2.06 bits per heavy atom. The largest absolute Gasteiger partial charge is 0.458 e. The Labute approximate surface area is 202 Å². The second-order valence-corrected chi connectivity index (χ2v) is 10.1. The van der Waals surface area contributed by atoms with Crippen molar-refractivity contribution in [3.63, 3.8) is 0 Å². The monoisotopic (exact) mass is 477 g/mol. The summed E-state index contributed by atoms with van der Waals surface area (Å²) in [5.41, 5.74) is 11.2. The maximum Gasteiger partial charge on any atom is 0.343 e. The van der Waals surface area contributed by atoms with Crippen molar-refractivity contribution in [2.24, 2.45) is 5.73 Å². The fourth-order valence-corrected chi connectivity index (χ4v) is 6.18. The van der Waals surface area contributed by atoms with Gasteiger partial charge in [-0.1, -0.05) is 6.92 Å². The number of aryl methyl sites for hydroxylation is 1. The molecule has 0 unspecified atom stereocenters. The summed E-state index contributed by atoms with van der Waals surface area (Å²) in [7, 11) is 0. The van der Waals surface area contributed by atoms with E-state index in [-0.39, 0.29) is 30.1 Å². The average molecular weight is 478 g/mol. The molecule has 0 saturated carbocycles. The molecular weight excluding hydrogens is 449 g/mol. The molecule has 0 spiro atoms. The number of hydrogen-bond donors (Lipinski definition) is 1. The zero-order valence-corrected chi connectivity index (χ0v) is 20.3. The predicted octanol–water partition coefficient (Wildman–Crippen LogP) is 3.91. The molecular formula is C27H28FN3O4. The standard InChI is InChI=1S/C27H28FN3O4/c1-5-27(35-12(2)3)17-8-21-24-15(10-31(21)25(32)16(17)11-34-26(27)33)22-19(29)7-6-14-13(4)18(28)9-20(30-24)23(14)22/h8-9,12,19H,5-7,10-11,29H2,1-4H3/t19-,27-/m0/s1. The van der Waals surface area contributed by atoms with Crippen LogP contribution in [0.15, 0.2) is 16.9 Å². The van der Waals surface area contributed by atoms with E-state index in [0.717, 1.165) is 22.1 Å². The van der Waals surface area contributed by atoms with Crippen LogP contribution in [0.25, 0.3) is 22.3 Å². The van der Waals surface area contributed by atoms with Crippen molar-refractivity contribution in [2.45, 2.75) is 77.9 Å². The van der Waals surface area contributed by atoms with Gasteiger partial charge in [0.15, 0.2) is 5.60 Å². The van der Waals surface area contributed by atoms with Crippen LogP contribution in [0.3, 0.4) is 0 Å².